The molecule has 0 heterocycles. The van der Waals surface area contributed by atoms with Crippen LogP contribution in [0.4, 0.5) is 75.5 Å². The van der Waals surface area contributed by atoms with Crippen molar-refractivity contribution in [2.75, 3.05) is 0 Å². The molecule has 0 aromatic carbocycles. The summed E-state index contributed by atoms with van der Waals surface area (Å²) in [4.78, 5) is 0. The average Bonchev–Trinajstić information content (AvgIpc) is 1.19. The van der Waals surface area contributed by atoms with Crippen molar-refractivity contribution in [1.82, 2.24) is 0 Å². The summed E-state index contributed by atoms with van der Waals surface area (Å²) >= 11 is 0. The Kier molecular flexibility index (Phi) is 6.74. The average molecular weight is 579 g/mol. The van der Waals surface area contributed by atoms with Crippen LogP contribution in [0.1, 0.15) is 0 Å². The fourth-order valence-electron chi connectivity index (χ4n) is 0. The quantitative estimate of drug-likeness (QED) is 0.198. The zero-order valence-electron chi connectivity index (χ0n) is 8.65. The van der Waals surface area contributed by atoms with Crippen molar-refractivity contribution in [3.63, 3.8) is 0 Å². The Morgan fingerprint density at radius 2 is 0.227 bits per heavy atom. The van der Waals surface area contributed by atoms with Crippen LogP contribution in [0, 0.1) is 40.8 Å². The molecule has 0 atom stereocenters. The normalized spacial score (nSPS) is 22.1. The Balaban J connectivity index is -0.000000108. The van der Waals surface area contributed by atoms with Crippen LogP contribution in [0.25, 0.3) is 0 Å². The minimum atomic E-state index is -10.7. The van der Waals surface area contributed by atoms with E-state index in [1.807, 2.05) is 0 Å². The summed E-state index contributed by atoms with van der Waals surface area (Å²) in [5.74, 6) is 0. The third kappa shape index (κ3) is 4660. The summed E-state index contributed by atoms with van der Waals surface area (Å²) in [6, 6.07) is 0. The van der Waals surface area contributed by atoms with Gasteiger partial charge in [-0.2, -0.15) is 0 Å². The molecule has 0 rings (SSSR count). The van der Waals surface area contributed by atoms with E-state index in [0.29, 0.717) is 0 Å². The summed E-state index contributed by atoms with van der Waals surface area (Å²) in [5.41, 5.74) is 0. The molecule has 145 valence electrons. The fraction of sp³-hybridized carbons (Fsp3) is 0. The van der Waals surface area contributed by atoms with Crippen molar-refractivity contribution in [1.29, 1.82) is 0 Å². The van der Waals surface area contributed by atoms with Crippen LogP contribution in [0.5, 0.6) is 0 Å². The monoisotopic (exact) mass is 577 g/mol. The number of hydrogen-bond acceptors (Lipinski definition) is 0. The fourth-order valence-corrected chi connectivity index (χ4v) is 0. The van der Waals surface area contributed by atoms with Gasteiger partial charge in [0.1, 0.15) is 0 Å². The van der Waals surface area contributed by atoms with Crippen LogP contribution in [-0.2, 0) is 0 Å². The summed E-state index contributed by atoms with van der Waals surface area (Å²) in [5, 5.41) is 0. The van der Waals surface area contributed by atoms with E-state index >= 15 is 0 Å². The smallest absolute Gasteiger partial charge is 3.00 e. The molecule has 0 aliphatic heterocycles. The van der Waals surface area contributed by atoms with Gasteiger partial charge < -0.3 is 0 Å². The molecule has 1 radical (unpaired) electrons. The van der Waals surface area contributed by atoms with Crippen LogP contribution >= 0.6 is 23.4 Å². The maximum atomic E-state index is 9.87. The van der Waals surface area contributed by atoms with Gasteiger partial charge >= 0.3 is 140 Å². The predicted molar refractivity (Wildman–Crippen MR) is 40.7 cm³/mol. The number of hydrogen-bond donors (Lipinski definition) is 0. The van der Waals surface area contributed by atoms with Crippen molar-refractivity contribution >= 4 is 23.4 Å². The van der Waals surface area contributed by atoms with E-state index < -0.39 is 23.4 Å². The summed E-state index contributed by atoms with van der Waals surface area (Å²) in [6.07, 6.45) is 0. The van der Waals surface area contributed by atoms with E-state index in [1.165, 1.54) is 0 Å². The van der Waals surface area contributed by atoms with Crippen molar-refractivity contribution < 1.29 is 116 Å². The van der Waals surface area contributed by atoms with E-state index in [4.69, 9.17) is 0 Å². The SMILES string of the molecule is F[P-](F)(F)(F)(F)F.F[P-](F)(F)(F)(F)F.F[P-](F)(F)(F)(F)F.[Nd+3]. The molecule has 22 heteroatoms. The molecule has 22 heavy (non-hydrogen) atoms. The topological polar surface area (TPSA) is 0 Å². The van der Waals surface area contributed by atoms with Gasteiger partial charge in [0.15, 0.2) is 0 Å². The van der Waals surface area contributed by atoms with Gasteiger partial charge in [-0.1, -0.05) is 0 Å². The minimum absolute atomic E-state index is 0. The van der Waals surface area contributed by atoms with Crippen LogP contribution in [-0.4, -0.2) is 0 Å². The number of rotatable bonds is 0. The zero-order chi connectivity index (χ0) is 19.2. The van der Waals surface area contributed by atoms with E-state index in [1.54, 1.807) is 0 Å². The van der Waals surface area contributed by atoms with Gasteiger partial charge in [-0.05, 0) is 0 Å². The van der Waals surface area contributed by atoms with Crippen molar-refractivity contribution in [2.45, 2.75) is 0 Å². The number of halogens is 18. The molecule has 0 aromatic rings. The first-order valence-electron chi connectivity index (χ1n) is 3.04. The van der Waals surface area contributed by atoms with Gasteiger partial charge in [0.25, 0.3) is 0 Å². The molecule has 0 spiro atoms. The Morgan fingerprint density at radius 3 is 0.227 bits per heavy atom. The third-order valence-electron chi connectivity index (χ3n) is 0. The minimum Gasteiger partial charge on any atom is 3.00 e. The van der Waals surface area contributed by atoms with Crippen molar-refractivity contribution in [3.8, 4) is 0 Å². The Morgan fingerprint density at radius 1 is 0.227 bits per heavy atom. The zero-order valence-corrected chi connectivity index (χ0v) is 14.5. The second-order valence-corrected chi connectivity index (χ2v) is 8.62. The van der Waals surface area contributed by atoms with Crippen LogP contribution in [0.2, 0.25) is 0 Å². The van der Waals surface area contributed by atoms with Crippen LogP contribution in [0.3, 0.4) is 0 Å². The van der Waals surface area contributed by atoms with E-state index in [9.17, 15) is 75.5 Å². The van der Waals surface area contributed by atoms with Gasteiger partial charge in [-0.25, -0.2) is 0 Å². The molecule has 0 aromatic heterocycles. The molecule has 0 saturated carbocycles. The maximum absolute atomic E-state index is 10.7. The second-order valence-electron chi connectivity index (χ2n) is 2.87. The van der Waals surface area contributed by atoms with Gasteiger partial charge in [0.2, 0.25) is 0 Å². The molecule has 0 N–H and O–H groups in total. The molecule has 0 amide bonds. The first-order valence-corrected chi connectivity index (χ1v) is 9.13. The molecule has 0 bridgehead atoms. The molecule has 0 nitrogen and oxygen atoms in total. The molecule has 0 fully saturated rings. The van der Waals surface area contributed by atoms with E-state index in [0.717, 1.165) is 0 Å². The van der Waals surface area contributed by atoms with Gasteiger partial charge in [0.05, 0.1) is 0 Å². The molecule has 0 aliphatic carbocycles. The molecule has 0 saturated heterocycles. The molecular formula is F18NdP3. The second kappa shape index (κ2) is 4.76. The maximum Gasteiger partial charge on any atom is 3.00 e. The van der Waals surface area contributed by atoms with E-state index in [-0.39, 0.29) is 40.8 Å². The largest absolute Gasteiger partial charge is 3.00 e. The van der Waals surface area contributed by atoms with Crippen molar-refractivity contribution in [2.24, 2.45) is 0 Å². The predicted octanol–water partition coefficient (Wildman–Crippen LogP) is 10.1. The van der Waals surface area contributed by atoms with Crippen LogP contribution < -0.4 is 0 Å². The summed E-state index contributed by atoms with van der Waals surface area (Å²) < 4.78 is 178. The first-order chi connectivity index (χ1) is 7.35. The Hall–Kier alpha value is 1.38. The van der Waals surface area contributed by atoms with Gasteiger partial charge in [-0.15, -0.1) is 0 Å². The van der Waals surface area contributed by atoms with Gasteiger partial charge in [-0.3, -0.25) is 0 Å². The Labute approximate surface area is 139 Å². The summed E-state index contributed by atoms with van der Waals surface area (Å²) in [6.45, 7) is 0. The van der Waals surface area contributed by atoms with Crippen LogP contribution in [0.15, 0.2) is 0 Å². The van der Waals surface area contributed by atoms with E-state index in [2.05, 4.69) is 0 Å². The molecule has 0 aliphatic rings. The molecule has 0 unspecified atom stereocenters. The summed E-state index contributed by atoms with van der Waals surface area (Å²) in [7, 11) is -32.0. The Bertz CT molecular complexity index is 265. The molecular weight excluding hydrogens is 579 g/mol. The third-order valence-corrected chi connectivity index (χ3v) is 0. The first kappa shape index (κ1) is 31.2. The standard InChI is InChI=1S/3F6P.Nd/c3*1-7(2,3,4,5)6;/q3*-1;+3. The van der Waals surface area contributed by atoms with Gasteiger partial charge in [0, 0.05) is 0 Å². The van der Waals surface area contributed by atoms with Crippen molar-refractivity contribution in [3.05, 3.63) is 0 Å².